The minimum absolute atomic E-state index is 0.170. The maximum Gasteiger partial charge on any atom is 0.333 e. The van der Waals surface area contributed by atoms with Crippen molar-refractivity contribution in [1.29, 1.82) is 0 Å². The van der Waals surface area contributed by atoms with E-state index in [0.29, 0.717) is 45.5 Å². The van der Waals surface area contributed by atoms with Crippen LogP contribution in [0.5, 0.6) is 5.75 Å². The molecule has 1 saturated heterocycles. The Kier molecular flexibility index (Phi) is 4.91. The largest absolute Gasteiger partial charge is 0.493 e. The van der Waals surface area contributed by atoms with Gasteiger partial charge in [-0.1, -0.05) is 6.07 Å². The van der Waals surface area contributed by atoms with Gasteiger partial charge in [0, 0.05) is 36.1 Å². The number of hydrogen-bond acceptors (Lipinski definition) is 5. The van der Waals surface area contributed by atoms with Crippen molar-refractivity contribution < 1.29 is 27.9 Å². The third-order valence-corrected chi connectivity index (χ3v) is 6.78. The molecule has 3 aromatic rings. The van der Waals surface area contributed by atoms with Gasteiger partial charge < -0.3 is 9.64 Å². The van der Waals surface area contributed by atoms with E-state index in [-0.39, 0.29) is 36.9 Å². The molecule has 0 spiro atoms. The van der Waals surface area contributed by atoms with Crippen molar-refractivity contribution in [2.45, 2.75) is 38.4 Å². The van der Waals surface area contributed by atoms with Crippen molar-refractivity contribution >= 4 is 17.7 Å². The van der Waals surface area contributed by atoms with Crippen LogP contribution in [0.2, 0.25) is 0 Å². The molecular weight excluding hydrogens is 458 g/mol. The molecule has 1 N–H and O–H groups in total. The van der Waals surface area contributed by atoms with Crippen LogP contribution >= 0.6 is 0 Å². The molecule has 3 aliphatic rings. The molecule has 1 unspecified atom stereocenters. The topological polar surface area (TPSA) is 93.5 Å². The van der Waals surface area contributed by atoms with E-state index in [1.54, 1.807) is 30.3 Å². The summed E-state index contributed by atoms with van der Waals surface area (Å²) in [5, 5.41) is 6.23. The predicted molar refractivity (Wildman–Crippen MR) is 120 cm³/mol. The minimum atomic E-state index is -2.83. The van der Waals surface area contributed by atoms with Gasteiger partial charge in [0.25, 0.3) is 5.91 Å². The first kappa shape index (κ1) is 21.5. The average Bonchev–Trinajstić information content (AvgIpc) is 3.55. The van der Waals surface area contributed by atoms with Gasteiger partial charge >= 0.3 is 6.55 Å². The highest BCUT2D eigenvalue weighted by Crippen LogP contribution is 2.39. The number of alkyl halides is 2. The fraction of sp³-hybridized carbons (Fsp3) is 0.280. The number of amides is 3. The number of carbonyl (C=O) groups is 3. The quantitative estimate of drug-likeness (QED) is 0.581. The summed E-state index contributed by atoms with van der Waals surface area (Å²) in [6.45, 7) is -2.08. The monoisotopic (exact) mass is 478 g/mol. The van der Waals surface area contributed by atoms with E-state index in [1.807, 2.05) is 6.07 Å². The molecule has 2 aromatic carbocycles. The van der Waals surface area contributed by atoms with Crippen molar-refractivity contribution in [2.24, 2.45) is 0 Å². The van der Waals surface area contributed by atoms with Crippen LogP contribution in [0.4, 0.5) is 8.78 Å². The molecule has 3 amide bonds. The minimum Gasteiger partial charge on any atom is -0.493 e. The highest BCUT2D eigenvalue weighted by Gasteiger charge is 2.39. The smallest absolute Gasteiger partial charge is 0.333 e. The average molecular weight is 478 g/mol. The molecule has 10 heteroatoms. The molecule has 1 fully saturated rings. The summed E-state index contributed by atoms with van der Waals surface area (Å²) in [7, 11) is 0. The Morgan fingerprint density at radius 3 is 2.60 bits per heavy atom. The van der Waals surface area contributed by atoms with Gasteiger partial charge in [0.15, 0.2) is 0 Å². The first-order chi connectivity index (χ1) is 16.9. The van der Waals surface area contributed by atoms with Crippen LogP contribution in [-0.4, -0.2) is 45.1 Å². The number of carbonyl (C=O) groups excluding carboxylic acids is 3. The standard InChI is InChI=1S/C25H20F2N4O4/c26-25(27)31-22(15-2-5-20-14(10-15)7-8-35-20)18(11-28-31)13-1-3-17-16(9-13)12-30(24(17)34)19-4-6-21(32)29-23(19)33/h1-3,5,9-11,19,25H,4,6-8,12H2,(H,29,32,33). The molecule has 8 nitrogen and oxygen atoms in total. The lowest BCUT2D eigenvalue weighted by Crippen LogP contribution is -2.52. The van der Waals surface area contributed by atoms with Crippen LogP contribution < -0.4 is 10.1 Å². The van der Waals surface area contributed by atoms with Crippen molar-refractivity contribution in [3.8, 4) is 28.1 Å². The van der Waals surface area contributed by atoms with Gasteiger partial charge in [0.05, 0.1) is 18.5 Å². The number of benzene rings is 2. The van der Waals surface area contributed by atoms with Gasteiger partial charge in [-0.3, -0.25) is 19.7 Å². The molecule has 178 valence electrons. The molecule has 0 radical (unpaired) electrons. The number of imide groups is 1. The van der Waals surface area contributed by atoms with E-state index < -0.39 is 18.5 Å². The van der Waals surface area contributed by atoms with Crippen molar-refractivity contribution in [3.05, 3.63) is 59.3 Å². The van der Waals surface area contributed by atoms with Crippen molar-refractivity contribution in [1.82, 2.24) is 20.0 Å². The van der Waals surface area contributed by atoms with Gasteiger partial charge in [-0.25, -0.2) is 4.68 Å². The fourth-order valence-corrected chi connectivity index (χ4v) is 5.09. The molecule has 6 rings (SSSR count). The summed E-state index contributed by atoms with van der Waals surface area (Å²) in [6.07, 6.45) is 2.55. The second kappa shape index (κ2) is 8.00. The van der Waals surface area contributed by atoms with Crippen LogP contribution in [0.15, 0.2) is 42.6 Å². The highest BCUT2D eigenvalue weighted by molar-refractivity contribution is 6.05. The summed E-state index contributed by atoms with van der Waals surface area (Å²) in [4.78, 5) is 38.3. The maximum atomic E-state index is 13.9. The zero-order chi connectivity index (χ0) is 24.3. The number of nitrogens with zero attached hydrogens (tertiary/aromatic N) is 3. The number of nitrogens with one attached hydrogen (secondary N) is 1. The van der Waals surface area contributed by atoms with E-state index in [9.17, 15) is 23.2 Å². The molecule has 1 atom stereocenters. The Morgan fingerprint density at radius 2 is 1.80 bits per heavy atom. The van der Waals surface area contributed by atoms with Gasteiger partial charge in [0.1, 0.15) is 11.8 Å². The van der Waals surface area contributed by atoms with Crippen LogP contribution in [0.1, 0.15) is 40.9 Å². The fourth-order valence-electron chi connectivity index (χ4n) is 5.09. The molecule has 3 aliphatic heterocycles. The lowest BCUT2D eigenvalue weighted by Gasteiger charge is -2.29. The zero-order valence-corrected chi connectivity index (χ0v) is 18.5. The van der Waals surface area contributed by atoms with Gasteiger partial charge in [0.2, 0.25) is 11.8 Å². The second-order valence-electron chi connectivity index (χ2n) is 8.82. The normalized spacial score (nSPS) is 19.1. The molecule has 0 saturated carbocycles. The number of aromatic nitrogens is 2. The summed E-state index contributed by atoms with van der Waals surface area (Å²) in [6, 6.07) is 9.79. The first-order valence-electron chi connectivity index (χ1n) is 11.3. The SMILES string of the molecule is O=C1CCC(N2Cc3cc(-c4cnn(C(F)F)c4-c4ccc5c(c4)CCO5)ccc3C2=O)C(=O)N1. The highest BCUT2D eigenvalue weighted by atomic mass is 19.3. The third kappa shape index (κ3) is 3.48. The predicted octanol–water partition coefficient (Wildman–Crippen LogP) is 3.31. The number of fused-ring (bicyclic) bond motifs is 2. The third-order valence-electron chi connectivity index (χ3n) is 6.78. The molecule has 0 aliphatic carbocycles. The van der Waals surface area contributed by atoms with E-state index in [1.165, 1.54) is 11.1 Å². The number of hydrogen-bond donors (Lipinski definition) is 1. The summed E-state index contributed by atoms with van der Waals surface area (Å²) < 4.78 is 34.0. The molecule has 0 bridgehead atoms. The summed E-state index contributed by atoms with van der Waals surface area (Å²) >= 11 is 0. The lowest BCUT2D eigenvalue weighted by molar-refractivity contribution is -0.136. The number of ether oxygens (including phenoxy) is 1. The van der Waals surface area contributed by atoms with Crippen molar-refractivity contribution in [2.75, 3.05) is 6.61 Å². The Labute approximate surface area is 198 Å². The molecular formula is C25H20F2N4O4. The Balaban J connectivity index is 1.38. The van der Waals surface area contributed by atoms with Gasteiger partial charge in [-0.05, 0) is 53.4 Å². The molecule has 4 heterocycles. The number of rotatable bonds is 4. The van der Waals surface area contributed by atoms with Gasteiger partial charge in [-0.2, -0.15) is 13.9 Å². The van der Waals surface area contributed by atoms with E-state index >= 15 is 0 Å². The van der Waals surface area contributed by atoms with Crippen LogP contribution in [0.25, 0.3) is 22.4 Å². The van der Waals surface area contributed by atoms with Crippen LogP contribution in [0.3, 0.4) is 0 Å². The van der Waals surface area contributed by atoms with E-state index in [0.717, 1.165) is 11.3 Å². The summed E-state index contributed by atoms with van der Waals surface area (Å²) in [5.74, 6) is -0.366. The summed E-state index contributed by atoms with van der Waals surface area (Å²) in [5.41, 5.74) is 4.13. The van der Waals surface area contributed by atoms with Crippen molar-refractivity contribution in [3.63, 3.8) is 0 Å². The number of halogens is 2. The zero-order valence-electron chi connectivity index (χ0n) is 18.5. The van der Waals surface area contributed by atoms with Crippen LogP contribution in [-0.2, 0) is 22.6 Å². The molecule has 35 heavy (non-hydrogen) atoms. The Bertz CT molecular complexity index is 1400. The lowest BCUT2D eigenvalue weighted by atomic mass is 9.97. The Hall–Kier alpha value is -4.08. The Morgan fingerprint density at radius 1 is 1.00 bits per heavy atom. The van der Waals surface area contributed by atoms with Gasteiger partial charge in [-0.15, -0.1) is 0 Å². The van der Waals surface area contributed by atoms with Crippen LogP contribution in [0, 0.1) is 0 Å². The van der Waals surface area contributed by atoms with E-state index in [4.69, 9.17) is 4.74 Å². The first-order valence-corrected chi connectivity index (χ1v) is 11.3. The maximum absolute atomic E-state index is 13.9. The number of piperidine rings is 1. The second-order valence-corrected chi connectivity index (χ2v) is 8.82. The van der Waals surface area contributed by atoms with E-state index in [2.05, 4.69) is 10.4 Å². The molecule has 1 aromatic heterocycles.